The van der Waals surface area contributed by atoms with E-state index in [4.69, 9.17) is 26.8 Å². The lowest BCUT2D eigenvalue weighted by Crippen LogP contribution is -2.24. The number of urea groups is 1. The maximum Gasteiger partial charge on any atom is 0.332 e. The molecule has 0 saturated heterocycles. The van der Waals surface area contributed by atoms with Gasteiger partial charge >= 0.3 is 6.03 Å². The van der Waals surface area contributed by atoms with E-state index in [1.54, 1.807) is 31.4 Å². The first-order valence-corrected chi connectivity index (χ1v) is 7.10. The van der Waals surface area contributed by atoms with Crippen molar-refractivity contribution >= 4 is 23.8 Å². The van der Waals surface area contributed by atoms with E-state index in [0.29, 0.717) is 28.7 Å². The van der Waals surface area contributed by atoms with E-state index in [0.717, 1.165) is 5.56 Å². The van der Waals surface area contributed by atoms with Gasteiger partial charge in [0.1, 0.15) is 6.61 Å². The van der Waals surface area contributed by atoms with Crippen molar-refractivity contribution in [1.29, 1.82) is 0 Å². The number of halogens is 1. The first kappa shape index (κ1) is 16.6. The summed E-state index contributed by atoms with van der Waals surface area (Å²) >= 11 is 5.96. The predicted octanol–water partition coefficient (Wildman–Crippen LogP) is 2.93. The molecule has 0 aliphatic rings. The fraction of sp³-hybridized carbons (Fsp3) is 0.125. The highest BCUT2D eigenvalue weighted by Crippen LogP contribution is 2.31. The molecule has 23 heavy (non-hydrogen) atoms. The van der Waals surface area contributed by atoms with Crippen molar-refractivity contribution in [3.63, 3.8) is 0 Å². The standard InChI is InChI=1S/C16H16ClN3O3/c1-22-14-7-3-5-12(9-19-20-16(18)21)15(14)23-10-11-4-2-6-13(17)8-11/h2-9H,10H2,1H3,(H3,18,20,21)/b19-9+. The third kappa shape index (κ3) is 4.89. The zero-order valence-corrected chi connectivity index (χ0v) is 13.2. The molecule has 0 aliphatic heterocycles. The number of primary amides is 1. The molecule has 6 nitrogen and oxygen atoms in total. The molecule has 0 unspecified atom stereocenters. The number of hydrazone groups is 1. The Bertz CT molecular complexity index is 719. The summed E-state index contributed by atoms with van der Waals surface area (Å²) in [4.78, 5) is 10.7. The van der Waals surface area contributed by atoms with Crippen molar-refractivity contribution in [2.75, 3.05) is 7.11 Å². The van der Waals surface area contributed by atoms with Crippen LogP contribution in [0.1, 0.15) is 11.1 Å². The quantitative estimate of drug-likeness (QED) is 0.629. The number of nitrogens with two attached hydrogens (primary N) is 1. The summed E-state index contributed by atoms with van der Waals surface area (Å²) < 4.78 is 11.1. The molecule has 2 aromatic rings. The van der Waals surface area contributed by atoms with Gasteiger partial charge in [-0.3, -0.25) is 0 Å². The van der Waals surface area contributed by atoms with Crippen molar-refractivity contribution in [3.05, 3.63) is 58.6 Å². The number of amides is 2. The molecule has 0 spiro atoms. The Hall–Kier alpha value is -2.73. The number of para-hydroxylation sites is 1. The minimum atomic E-state index is -0.745. The third-order valence-corrected chi connectivity index (χ3v) is 3.11. The van der Waals surface area contributed by atoms with Crippen LogP contribution in [0.25, 0.3) is 0 Å². The molecular weight excluding hydrogens is 318 g/mol. The largest absolute Gasteiger partial charge is 0.493 e. The summed E-state index contributed by atoms with van der Waals surface area (Å²) in [5.74, 6) is 1.06. The molecule has 0 fully saturated rings. The average Bonchev–Trinajstić information content (AvgIpc) is 2.53. The van der Waals surface area contributed by atoms with Crippen LogP contribution in [-0.4, -0.2) is 19.4 Å². The Labute approximate surface area is 138 Å². The number of carbonyl (C=O) groups is 1. The maximum atomic E-state index is 10.7. The summed E-state index contributed by atoms with van der Waals surface area (Å²) in [6.07, 6.45) is 1.43. The number of ether oxygens (including phenoxy) is 2. The fourth-order valence-electron chi connectivity index (χ4n) is 1.90. The lowest BCUT2D eigenvalue weighted by atomic mass is 10.2. The average molecular weight is 334 g/mol. The number of carbonyl (C=O) groups excluding carboxylic acids is 1. The lowest BCUT2D eigenvalue weighted by molar-refractivity contribution is 0.249. The second kappa shape index (κ2) is 8.05. The van der Waals surface area contributed by atoms with Crippen LogP contribution in [0.4, 0.5) is 4.79 Å². The Morgan fingerprint density at radius 2 is 2.13 bits per heavy atom. The van der Waals surface area contributed by atoms with Gasteiger partial charge in [-0.25, -0.2) is 10.2 Å². The summed E-state index contributed by atoms with van der Waals surface area (Å²) in [5, 5.41) is 4.38. The molecule has 2 aromatic carbocycles. The highest BCUT2D eigenvalue weighted by atomic mass is 35.5. The Morgan fingerprint density at radius 1 is 1.35 bits per heavy atom. The van der Waals surface area contributed by atoms with Crippen LogP contribution in [0.3, 0.4) is 0 Å². The number of hydrogen-bond donors (Lipinski definition) is 2. The van der Waals surface area contributed by atoms with Crippen LogP contribution >= 0.6 is 11.6 Å². The normalized spacial score (nSPS) is 10.5. The van der Waals surface area contributed by atoms with Gasteiger partial charge < -0.3 is 15.2 Å². The van der Waals surface area contributed by atoms with E-state index >= 15 is 0 Å². The van der Waals surface area contributed by atoms with E-state index in [-0.39, 0.29) is 0 Å². The van der Waals surface area contributed by atoms with Gasteiger partial charge in [-0.1, -0.05) is 29.8 Å². The van der Waals surface area contributed by atoms with E-state index in [9.17, 15) is 4.79 Å². The smallest absolute Gasteiger partial charge is 0.332 e. The van der Waals surface area contributed by atoms with Crippen LogP contribution in [0.2, 0.25) is 5.02 Å². The predicted molar refractivity (Wildman–Crippen MR) is 89.1 cm³/mol. The van der Waals surface area contributed by atoms with Crippen molar-refractivity contribution < 1.29 is 14.3 Å². The Morgan fingerprint density at radius 3 is 2.83 bits per heavy atom. The van der Waals surface area contributed by atoms with Gasteiger partial charge in [0.15, 0.2) is 11.5 Å². The molecule has 0 atom stereocenters. The zero-order chi connectivity index (χ0) is 16.7. The van der Waals surface area contributed by atoms with Crippen LogP contribution in [-0.2, 0) is 6.61 Å². The van der Waals surface area contributed by atoms with Crippen molar-refractivity contribution in [1.82, 2.24) is 5.43 Å². The molecule has 2 rings (SSSR count). The van der Waals surface area contributed by atoms with Crippen LogP contribution in [0, 0.1) is 0 Å². The highest BCUT2D eigenvalue weighted by molar-refractivity contribution is 6.30. The molecular formula is C16H16ClN3O3. The fourth-order valence-corrected chi connectivity index (χ4v) is 2.11. The Balaban J connectivity index is 2.21. The molecule has 0 heterocycles. The minimum Gasteiger partial charge on any atom is -0.493 e. The number of benzene rings is 2. The first-order valence-electron chi connectivity index (χ1n) is 6.73. The van der Waals surface area contributed by atoms with Crippen molar-refractivity contribution in [2.45, 2.75) is 6.61 Å². The minimum absolute atomic E-state index is 0.311. The van der Waals surface area contributed by atoms with E-state index < -0.39 is 6.03 Å². The molecule has 7 heteroatoms. The molecule has 0 radical (unpaired) electrons. The summed E-state index contributed by atoms with van der Waals surface area (Å²) in [6, 6.07) is 12.0. The topological polar surface area (TPSA) is 85.9 Å². The van der Waals surface area contributed by atoms with Gasteiger partial charge in [0.2, 0.25) is 0 Å². The molecule has 120 valence electrons. The molecule has 0 bridgehead atoms. The van der Waals surface area contributed by atoms with Gasteiger partial charge in [-0.05, 0) is 29.8 Å². The van der Waals surface area contributed by atoms with Crippen molar-refractivity contribution in [2.24, 2.45) is 10.8 Å². The molecule has 3 N–H and O–H groups in total. The third-order valence-electron chi connectivity index (χ3n) is 2.88. The van der Waals surface area contributed by atoms with Crippen LogP contribution < -0.4 is 20.6 Å². The monoisotopic (exact) mass is 333 g/mol. The van der Waals surface area contributed by atoms with Crippen LogP contribution in [0.15, 0.2) is 47.6 Å². The summed E-state index contributed by atoms with van der Waals surface area (Å²) in [6.45, 7) is 0.311. The van der Waals surface area contributed by atoms with Crippen LogP contribution in [0.5, 0.6) is 11.5 Å². The molecule has 2 amide bonds. The van der Waals surface area contributed by atoms with E-state index in [1.165, 1.54) is 6.21 Å². The van der Waals surface area contributed by atoms with Gasteiger partial charge in [0, 0.05) is 10.6 Å². The lowest BCUT2D eigenvalue weighted by Gasteiger charge is -2.13. The number of hydrogen-bond acceptors (Lipinski definition) is 4. The van der Waals surface area contributed by atoms with Gasteiger partial charge in [0.25, 0.3) is 0 Å². The second-order valence-electron chi connectivity index (χ2n) is 4.53. The first-order chi connectivity index (χ1) is 11.1. The number of rotatable bonds is 6. The van der Waals surface area contributed by atoms with Gasteiger partial charge in [-0.2, -0.15) is 5.10 Å². The summed E-state index contributed by atoms with van der Waals surface area (Å²) in [7, 11) is 1.55. The van der Waals surface area contributed by atoms with Gasteiger partial charge in [0.05, 0.1) is 13.3 Å². The number of nitrogens with one attached hydrogen (secondary N) is 1. The second-order valence-corrected chi connectivity index (χ2v) is 4.97. The molecule has 0 saturated carbocycles. The summed E-state index contributed by atoms with van der Waals surface area (Å²) in [5.41, 5.74) is 8.66. The highest BCUT2D eigenvalue weighted by Gasteiger charge is 2.10. The van der Waals surface area contributed by atoms with E-state index in [2.05, 4.69) is 10.5 Å². The zero-order valence-electron chi connectivity index (χ0n) is 12.5. The van der Waals surface area contributed by atoms with Gasteiger partial charge in [-0.15, -0.1) is 0 Å². The van der Waals surface area contributed by atoms with E-state index in [1.807, 2.05) is 18.2 Å². The Kier molecular flexibility index (Phi) is 5.82. The molecule has 0 aliphatic carbocycles. The number of methoxy groups -OCH3 is 1. The van der Waals surface area contributed by atoms with Crippen molar-refractivity contribution in [3.8, 4) is 11.5 Å². The molecule has 0 aromatic heterocycles. The number of nitrogens with zero attached hydrogens (tertiary/aromatic N) is 1. The maximum absolute atomic E-state index is 10.7. The SMILES string of the molecule is COc1cccc(/C=N/NC(N)=O)c1OCc1cccc(Cl)c1.